The molecule has 1 atom stereocenters. The summed E-state index contributed by atoms with van der Waals surface area (Å²) >= 11 is 0. The van der Waals surface area contributed by atoms with Crippen molar-refractivity contribution >= 4 is 11.9 Å². The van der Waals surface area contributed by atoms with Gasteiger partial charge in [-0.3, -0.25) is 9.59 Å². The predicted molar refractivity (Wildman–Crippen MR) is 31.1 cm³/mol. The lowest BCUT2D eigenvalue weighted by Gasteiger charge is -1.99. The molecule has 0 rings (SSSR count). The van der Waals surface area contributed by atoms with Gasteiger partial charge in [-0.25, -0.2) is 5.73 Å². The van der Waals surface area contributed by atoms with Gasteiger partial charge in [-0.1, -0.05) is 0 Å². The molecule has 10 heavy (non-hydrogen) atoms. The molecule has 0 fully saturated rings. The Morgan fingerprint density at radius 3 is 2.30 bits per heavy atom. The Hall–Kier alpha value is -1.10. The van der Waals surface area contributed by atoms with Crippen LogP contribution in [0.25, 0.3) is 0 Å². The monoisotopic (exact) mass is 145 g/mol. The Morgan fingerprint density at radius 1 is 1.50 bits per heavy atom. The van der Waals surface area contributed by atoms with E-state index < -0.39 is 18.0 Å². The van der Waals surface area contributed by atoms with Crippen molar-refractivity contribution in [2.75, 3.05) is 0 Å². The van der Waals surface area contributed by atoms with Crippen molar-refractivity contribution in [1.29, 1.82) is 0 Å². The first-order valence-electron chi connectivity index (χ1n) is 2.53. The Labute approximate surface area is 57.5 Å². The summed E-state index contributed by atoms with van der Waals surface area (Å²) in [4.78, 5) is 19.7. The van der Waals surface area contributed by atoms with Crippen LogP contribution < -0.4 is 5.73 Å². The second-order valence-electron chi connectivity index (χ2n) is 1.65. The lowest BCUT2D eigenvalue weighted by molar-refractivity contribution is -0.138. The Morgan fingerprint density at radius 2 is 2.00 bits per heavy atom. The van der Waals surface area contributed by atoms with Crippen molar-refractivity contribution in [3.8, 4) is 0 Å². The van der Waals surface area contributed by atoms with Gasteiger partial charge in [0.25, 0.3) is 0 Å². The molecule has 0 aromatic rings. The van der Waals surface area contributed by atoms with Gasteiger partial charge in [0.15, 0.2) is 0 Å². The van der Waals surface area contributed by atoms with Crippen LogP contribution >= 0.6 is 0 Å². The summed E-state index contributed by atoms with van der Waals surface area (Å²) in [6.07, 6.45) is 0.519. The molecular weight excluding hydrogens is 138 g/mol. The van der Waals surface area contributed by atoms with Gasteiger partial charge in [0.2, 0.25) is 0 Å². The lowest BCUT2D eigenvalue weighted by Crippen LogP contribution is -2.22. The molecule has 0 heterocycles. The first-order chi connectivity index (χ1) is 4.54. The highest BCUT2D eigenvalue weighted by atomic mass is 16.4. The van der Waals surface area contributed by atoms with E-state index in [2.05, 4.69) is 0 Å². The first-order valence-corrected chi connectivity index (χ1v) is 2.53. The van der Waals surface area contributed by atoms with E-state index in [0.717, 1.165) is 6.42 Å². The number of carbonyl (C=O) groups is 2. The zero-order valence-corrected chi connectivity index (χ0v) is 5.07. The fourth-order valence-electron chi connectivity index (χ4n) is 0.319. The first kappa shape index (κ1) is 8.90. The molecule has 2 radical (unpaired) electrons. The third-order valence-electron chi connectivity index (χ3n) is 0.794. The molecule has 0 aromatic carbocycles. The summed E-state index contributed by atoms with van der Waals surface area (Å²) in [5.74, 6) is -2.46. The van der Waals surface area contributed by atoms with Crippen LogP contribution in [0.3, 0.4) is 0 Å². The summed E-state index contributed by atoms with van der Waals surface area (Å²) in [5.41, 5.74) is 6.70. The van der Waals surface area contributed by atoms with E-state index in [1.54, 1.807) is 0 Å². The summed E-state index contributed by atoms with van der Waals surface area (Å²) < 4.78 is 0. The topological polar surface area (TPSA) is 98.4 Å². The maximum atomic E-state index is 9.90. The molecule has 0 aliphatic heterocycles. The van der Waals surface area contributed by atoms with Crippen LogP contribution in [0.5, 0.6) is 0 Å². The standard InChI is InChI=1S/C5H7NO4/c6-3(5(9)10)1-2-4(7)8/h1,3,6H,2H2,(H,7,8)(H,9,10). The van der Waals surface area contributed by atoms with E-state index in [0.29, 0.717) is 0 Å². The van der Waals surface area contributed by atoms with Gasteiger partial charge in [-0.05, 0) is 0 Å². The largest absolute Gasteiger partial charge is 0.481 e. The van der Waals surface area contributed by atoms with Crippen LogP contribution in [-0.4, -0.2) is 28.2 Å². The minimum atomic E-state index is -1.43. The average Bonchev–Trinajstić information content (AvgIpc) is 1.82. The second-order valence-corrected chi connectivity index (χ2v) is 1.65. The highest BCUT2D eigenvalue weighted by Crippen LogP contribution is 1.93. The van der Waals surface area contributed by atoms with Crippen LogP contribution in [0.2, 0.25) is 0 Å². The molecule has 0 spiro atoms. The number of rotatable bonds is 4. The van der Waals surface area contributed by atoms with Gasteiger partial charge < -0.3 is 10.2 Å². The van der Waals surface area contributed by atoms with Gasteiger partial charge in [0, 0.05) is 6.42 Å². The number of aliphatic carboxylic acids is 2. The quantitative estimate of drug-likeness (QED) is 0.551. The van der Waals surface area contributed by atoms with Crippen LogP contribution in [0, 0.1) is 6.42 Å². The molecule has 3 N–H and O–H groups in total. The van der Waals surface area contributed by atoms with E-state index in [4.69, 9.17) is 15.9 Å². The van der Waals surface area contributed by atoms with Gasteiger partial charge in [0.05, 0.1) is 6.42 Å². The van der Waals surface area contributed by atoms with E-state index in [9.17, 15) is 9.59 Å². The summed E-state index contributed by atoms with van der Waals surface area (Å²) in [6.45, 7) is 0. The van der Waals surface area contributed by atoms with E-state index in [-0.39, 0.29) is 6.42 Å². The fourth-order valence-corrected chi connectivity index (χ4v) is 0.319. The second kappa shape index (κ2) is 3.84. The number of hydrogen-bond donors (Lipinski definition) is 2. The molecule has 5 nitrogen and oxygen atoms in total. The molecule has 0 aliphatic carbocycles. The van der Waals surface area contributed by atoms with Gasteiger partial charge >= 0.3 is 11.9 Å². The van der Waals surface area contributed by atoms with E-state index >= 15 is 0 Å². The Bertz CT molecular complexity index is 145. The highest BCUT2D eigenvalue weighted by Gasteiger charge is 2.13. The third-order valence-corrected chi connectivity index (χ3v) is 0.794. The number of carboxylic acids is 2. The van der Waals surface area contributed by atoms with E-state index in [1.165, 1.54) is 0 Å². The van der Waals surface area contributed by atoms with Crippen LogP contribution in [-0.2, 0) is 9.59 Å². The molecule has 5 heteroatoms. The fraction of sp³-hybridized carbons (Fsp3) is 0.400. The molecule has 56 valence electrons. The minimum Gasteiger partial charge on any atom is -0.481 e. The zero-order valence-electron chi connectivity index (χ0n) is 5.07. The molecule has 1 unspecified atom stereocenters. The smallest absolute Gasteiger partial charge is 0.322 e. The molecule has 0 saturated carbocycles. The Kier molecular flexibility index (Phi) is 3.42. The van der Waals surface area contributed by atoms with Crippen molar-refractivity contribution < 1.29 is 19.8 Å². The minimum absolute atomic E-state index is 0.388. The van der Waals surface area contributed by atoms with Crippen molar-refractivity contribution in [2.24, 2.45) is 0 Å². The normalized spacial score (nSPS) is 12.5. The SMILES string of the molecule is [NH]C([CH]CC(=O)O)C(=O)O. The predicted octanol–water partition coefficient (Wildman–Crippen LogP) is -0.599. The van der Waals surface area contributed by atoms with Gasteiger partial charge in [-0.2, -0.15) is 0 Å². The van der Waals surface area contributed by atoms with Crippen LogP contribution in [0.4, 0.5) is 0 Å². The molecule has 0 bridgehead atoms. The summed E-state index contributed by atoms with van der Waals surface area (Å²) in [5, 5.41) is 16.1. The van der Waals surface area contributed by atoms with Crippen molar-refractivity contribution in [1.82, 2.24) is 5.73 Å². The van der Waals surface area contributed by atoms with E-state index in [1.807, 2.05) is 0 Å². The zero-order chi connectivity index (χ0) is 8.15. The molecule has 0 aliphatic rings. The van der Waals surface area contributed by atoms with Gasteiger partial charge in [0.1, 0.15) is 6.04 Å². The molecule has 0 aromatic heterocycles. The summed E-state index contributed by atoms with van der Waals surface area (Å²) in [6, 6.07) is -1.43. The maximum absolute atomic E-state index is 9.90. The molecule has 0 saturated heterocycles. The number of nitrogens with one attached hydrogen (secondary N) is 1. The number of hydrogen-bond acceptors (Lipinski definition) is 2. The molecular formula is C5H7NO4. The van der Waals surface area contributed by atoms with Crippen molar-refractivity contribution in [2.45, 2.75) is 12.5 Å². The Balaban J connectivity index is 3.49. The number of carboxylic acid groups (broad SMARTS) is 2. The third kappa shape index (κ3) is 3.85. The molecule has 0 amide bonds. The summed E-state index contributed by atoms with van der Waals surface area (Å²) in [7, 11) is 0. The van der Waals surface area contributed by atoms with Crippen LogP contribution in [0.15, 0.2) is 0 Å². The van der Waals surface area contributed by atoms with Crippen molar-refractivity contribution in [3.05, 3.63) is 6.42 Å². The van der Waals surface area contributed by atoms with Crippen molar-refractivity contribution in [3.63, 3.8) is 0 Å². The van der Waals surface area contributed by atoms with Crippen LogP contribution in [0.1, 0.15) is 6.42 Å². The highest BCUT2D eigenvalue weighted by molar-refractivity contribution is 5.77. The lowest BCUT2D eigenvalue weighted by atomic mass is 10.2. The average molecular weight is 145 g/mol. The maximum Gasteiger partial charge on any atom is 0.322 e. The van der Waals surface area contributed by atoms with Gasteiger partial charge in [-0.15, -0.1) is 0 Å².